The molecule has 1 nitrogen and oxygen atoms in total. The molecule has 3 heteroatoms. The van der Waals surface area contributed by atoms with E-state index in [0.717, 1.165) is 42.6 Å². The van der Waals surface area contributed by atoms with Gasteiger partial charge in [-0.25, -0.2) is 4.39 Å². The normalized spacial score (nSPS) is 28.9. The molecule has 2 fully saturated rings. The second-order valence-corrected chi connectivity index (χ2v) is 8.89. The first-order chi connectivity index (χ1) is 13.2. The molecule has 1 aromatic carbocycles. The Hall–Kier alpha value is -1.12. The van der Waals surface area contributed by atoms with Crippen LogP contribution in [0.5, 0.6) is 5.75 Å². The van der Waals surface area contributed by atoms with Gasteiger partial charge in [0.05, 0.1) is 6.61 Å². The lowest BCUT2D eigenvalue weighted by atomic mass is 9.68. The second kappa shape index (κ2) is 10.4. The topological polar surface area (TPSA) is 9.23 Å². The van der Waals surface area contributed by atoms with Gasteiger partial charge >= 0.3 is 0 Å². The molecule has 0 radical (unpaired) electrons. The van der Waals surface area contributed by atoms with Crippen LogP contribution in [0.4, 0.5) is 8.78 Å². The van der Waals surface area contributed by atoms with Crippen LogP contribution in [-0.4, -0.2) is 6.61 Å². The van der Waals surface area contributed by atoms with Gasteiger partial charge in [-0.1, -0.05) is 51.5 Å². The molecule has 0 heterocycles. The fourth-order valence-corrected chi connectivity index (χ4v) is 5.45. The summed E-state index contributed by atoms with van der Waals surface area (Å²) < 4.78 is 32.2. The van der Waals surface area contributed by atoms with Crippen molar-refractivity contribution in [1.29, 1.82) is 0 Å². The molecule has 0 N–H and O–H groups in total. The van der Waals surface area contributed by atoms with E-state index in [2.05, 4.69) is 6.92 Å². The Morgan fingerprint density at radius 2 is 1.44 bits per heavy atom. The molecule has 0 saturated heterocycles. The third kappa shape index (κ3) is 5.93. The van der Waals surface area contributed by atoms with Crippen molar-refractivity contribution >= 4 is 0 Å². The van der Waals surface area contributed by atoms with E-state index in [4.69, 9.17) is 4.74 Å². The van der Waals surface area contributed by atoms with Gasteiger partial charge < -0.3 is 4.74 Å². The molecular formula is C24H36F2O. The van der Waals surface area contributed by atoms with Crippen LogP contribution in [0.2, 0.25) is 0 Å². The maximum Gasteiger partial charge on any atom is 0.200 e. The zero-order valence-electron chi connectivity index (χ0n) is 16.9. The summed E-state index contributed by atoms with van der Waals surface area (Å²) in [4.78, 5) is 0. The van der Waals surface area contributed by atoms with Crippen LogP contribution < -0.4 is 4.74 Å². The van der Waals surface area contributed by atoms with Crippen LogP contribution in [0.3, 0.4) is 0 Å². The molecule has 0 spiro atoms. The maximum absolute atomic E-state index is 13.6. The zero-order chi connectivity index (χ0) is 19.1. The van der Waals surface area contributed by atoms with Crippen LogP contribution in [0, 0.1) is 35.3 Å². The Balaban J connectivity index is 1.30. The summed E-state index contributed by atoms with van der Waals surface area (Å²) in [6.45, 7) is 2.79. The van der Waals surface area contributed by atoms with Crippen LogP contribution >= 0.6 is 0 Å². The maximum atomic E-state index is 13.6. The van der Waals surface area contributed by atoms with E-state index < -0.39 is 11.6 Å². The molecule has 1 aromatic rings. The number of rotatable bonds is 8. The number of ether oxygens (including phenoxy) is 1. The molecule has 0 amide bonds. The predicted octanol–water partition coefficient (Wildman–Crippen LogP) is 7.54. The van der Waals surface area contributed by atoms with E-state index in [9.17, 15) is 8.78 Å². The van der Waals surface area contributed by atoms with Crippen LogP contribution in [0.15, 0.2) is 18.2 Å². The summed E-state index contributed by atoms with van der Waals surface area (Å²) in [5.74, 6) is 2.07. The van der Waals surface area contributed by atoms with Crippen molar-refractivity contribution in [3.63, 3.8) is 0 Å². The minimum absolute atomic E-state index is 0.0392. The molecule has 0 unspecified atom stereocenters. The zero-order valence-corrected chi connectivity index (χ0v) is 16.9. The number of hydrogen-bond donors (Lipinski definition) is 0. The highest BCUT2D eigenvalue weighted by atomic mass is 19.2. The molecule has 0 atom stereocenters. The summed E-state index contributed by atoms with van der Waals surface area (Å²) in [7, 11) is 0. The van der Waals surface area contributed by atoms with E-state index >= 15 is 0 Å². The number of benzene rings is 1. The SMILES string of the molecule is CCC[C@H]1CC[C@H]([C@H]2CC[C@H](CCCOc3cccc(F)c3F)CC2)CC1. The van der Waals surface area contributed by atoms with Crippen molar-refractivity contribution in [2.75, 3.05) is 6.61 Å². The van der Waals surface area contributed by atoms with Crippen molar-refractivity contribution in [3.8, 4) is 5.75 Å². The highest BCUT2D eigenvalue weighted by Crippen LogP contribution is 2.42. The average Bonchev–Trinajstić information content (AvgIpc) is 2.70. The van der Waals surface area contributed by atoms with E-state index in [0.29, 0.717) is 6.61 Å². The third-order valence-electron chi connectivity index (χ3n) is 7.08. The molecule has 0 bridgehead atoms. The Morgan fingerprint density at radius 3 is 2.04 bits per heavy atom. The molecule has 27 heavy (non-hydrogen) atoms. The van der Waals surface area contributed by atoms with Crippen molar-refractivity contribution in [2.45, 2.75) is 84.0 Å². The largest absolute Gasteiger partial charge is 0.490 e. The second-order valence-electron chi connectivity index (χ2n) is 8.89. The highest BCUT2D eigenvalue weighted by molar-refractivity contribution is 5.24. The minimum Gasteiger partial charge on any atom is -0.490 e. The fraction of sp³-hybridized carbons (Fsp3) is 0.750. The quantitative estimate of drug-likeness (QED) is 0.425. The van der Waals surface area contributed by atoms with Crippen LogP contribution in [0.1, 0.15) is 84.0 Å². The van der Waals surface area contributed by atoms with Crippen LogP contribution in [0.25, 0.3) is 0 Å². The van der Waals surface area contributed by atoms with Gasteiger partial charge in [-0.2, -0.15) is 4.39 Å². The predicted molar refractivity (Wildman–Crippen MR) is 107 cm³/mol. The first-order valence-corrected chi connectivity index (χ1v) is 11.2. The summed E-state index contributed by atoms with van der Waals surface area (Å²) in [6.07, 6.45) is 16.2. The fourth-order valence-electron chi connectivity index (χ4n) is 5.45. The molecule has 2 aliphatic carbocycles. The van der Waals surface area contributed by atoms with Gasteiger partial charge in [0.2, 0.25) is 5.82 Å². The Morgan fingerprint density at radius 1 is 0.852 bits per heavy atom. The van der Waals surface area contributed by atoms with E-state index in [1.165, 1.54) is 76.3 Å². The Labute approximate surface area is 163 Å². The van der Waals surface area contributed by atoms with E-state index in [1.54, 1.807) is 0 Å². The summed E-state index contributed by atoms with van der Waals surface area (Å²) in [5.41, 5.74) is 0. The standard InChI is InChI=1S/C24H36F2O/c1-2-5-18-9-13-20(14-10-18)21-15-11-19(12-16-21)6-4-17-27-23-8-3-7-22(25)24(23)26/h3,7-8,18-21H,2,4-6,9-17H2,1H3/t18-,19-,20-,21-. The van der Waals surface area contributed by atoms with Crippen molar-refractivity contribution in [2.24, 2.45) is 23.7 Å². The van der Waals surface area contributed by atoms with Crippen molar-refractivity contribution in [3.05, 3.63) is 29.8 Å². The lowest BCUT2D eigenvalue weighted by molar-refractivity contribution is 0.138. The van der Waals surface area contributed by atoms with E-state index in [1.807, 2.05) is 0 Å². The first-order valence-electron chi connectivity index (χ1n) is 11.2. The van der Waals surface area contributed by atoms with Gasteiger partial charge in [0.1, 0.15) is 0 Å². The third-order valence-corrected chi connectivity index (χ3v) is 7.08. The van der Waals surface area contributed by atoms with Gasteiger partial charge in [0.15, 0.2) is 11.6 Å². The highest BCUT2D eigenvalue weighted by Gasteiger charge is 2.30. The lowest BCUT2D eigenvalue weighted by Gasteiger charge is -2.38. The molecular weight excluding hydrogens is 342 g/mol. The Bertz CT molecular complexity index is 557. The molecule has 2 saturated carbocycles. The Kier molecular flexibility index (Phi) is 7.96. The van der Waals surface area contributed by atoms with E-state index in [-0.39, 0.29) is 5.75 Å². The molecule has 152 valence electrons. The monoisotopic (exact) mass is 378 g/mol. The molecule has 2 aliphatic rings. The summed E-state index contributed by atoms with van der Waals surface area (Å²) >= 11 is 0. The van der Waals surface area contributed by atoms with Crippen LogP contribution in [-0.2, 0) is 0 Å². The molecule has 0 aromatic heterocycles. The summed E-state index contributed by atoms with van der Waals surface area (Å²) in [5, 5.41) is 0. The summed E-state index contributed by atoms with van der Waals surface area (Å²) in [6, 6.07) is 4.11. The van der Waals surface area contributed by atoms with Crippen molar-refractivity contribution in [1.82, 2.24) is 0 Å². The first kappa shape index (κ1) is 20.6. The van der Waals surface area contributed by atoms with Gasteiger partial charge in [-0.05, 0) is 74.3 Å². The average molecular weight is 379 g/mol. The molecule has 0 aliphatic heterocycles. The van der Waals surface area contributed by atoms with Crippen molar-refractivity contribution < 1.29 is 13.5 Å². The van der Waals surface area contributed by atoms with Gasteiger partial charge in [0, 0.05) is 0 Å². The van der Waals surface area contributed by atoms with Gasteiger partial charge in [-0.3, -0.25) is 0 Å². The smallest absolute Gasteiger partial charge is 0.200 e. The number of halogens is 2. The lowest BCUT2D eigenvalue weighted by Crippen LogP contribution is -2.26. The number of hydrogen-bond acceptors (Lipinski definition) is 1. The van der Waals surface area contributed by atoms with Gasteiger partial charge in [-0.15, -0.1) is 0 Å². The minimum atomic E-state index is -0.869. The molecule has 3 rings (SSSR count). The van der Waals surface area contributed by atoms with Gasteiger partial charge in [0.25, 0.3) is 0 Å².